The number of hydrogen-bond acceptors (Lipinski definition) is 4. The van der Waals surface area contributed by atoms with E-state index in [1.165, 1.54) is 4.90 Å². The molecule has 0 fully saturated rings. The van der Waals surface area contributed by atoms with Gasteiger partial charge in [-0.25, -0.2) is 0 Å². The number of carbonyl (C=O) groups excluding carboxylic acids is 3. The molecule has 0 spiro atoms. The number of nitrogens with zero attached hydrogens (tertiary/aromatic N) is 2. The van der Waals surface area contributed by atoms with Crippen LogP contribution in [0.1, 0.15) is 40.4 Å². The Bertz CT molecular complexity index is 1390. The van der Waals surface area contributed by atoms with Crippen LogP contribution in [0.4, 0.5) is 11.4 Å². The molecule has 2 aliphatic rings. The highest BCUT2D eigenvalue weighted by molar-refractivity contribution is 6.31. The summed E-state index contributed by atoms with van der Waals surface area (Å²) >= 11 is 6.14. The van der Waals surface area contributed by atoms with Crippen molar-refractivity contribution < 1.29 is 19.1 Å². The first-order valence-corrected chi connectivity index (χ1v) is 12.8. The Balaban J connectivity index is 1.25. The summed E-state index contributed by atoms with van der Waals surface area (Å²) in [4.78, 5) is 42.1. The van der Waals surface area contributed by atoms with Gasteiger partial charge in [-0.2, -0.15) is 0 Å². The quantitative estimate of drug-likeness (QED) is 0.515. The summed E-state index contributed by atoms with van der Waals surface area (Å²) in [6.45, 7) is 4.65. The fourth-order valence-electron chi connectivity index (χ4n) is 4.83. The van der Waals surface area contributed by atoms with Crippen LogP contribution >= 0.6 is 11.6 Å². The summed E-state index contributed by atoms with van der Waals surface area (Å²) in [6, 6.07) is 18.5. The van der Waals surface area contributed by atoms with Crippen molar-refractivity contribution in [3.05, 3.63) is 87.9 Å². The molecule has 0 unspecified atom stereocenters. The number of aryl methyl sites for hydroxylation is 1. The maximum absolute atomic E-state index is 13.1. The van der Waals surface area contributed by atoms with Gasteiger partial charge in [0.25, 0.3) is 11.8 Å². The summed E-state index contributed by atoms with van der Waals surface area (Å²) < 4.78 is 5.78. The molecular formula is C29H28ClN3O4. The topological polar surface area (TPSA) is 79.0 Å². The number of rotatable bonds is 6. The molecule has 2 aliphatic heterocycles. The minimum atomic E-state index is -0.636. The average molecular weight is 518 g/mol. The van der Waals surface area contributed by atoms with Crippen LogP contribution < -0.4 is 19.9 Å². The molecule has 0 saturated heterocycles. The van der Waals surface area contributed by atoms with Gasteiger partial charge in [0.1, 0.15) is 12.3 Å². The predicted molar refractivity (Wildman–Crippen MR) is 143 cm³/mol. The van der Waals surface area contributed by atoms with Crippen LogP contribution in [0.3, 0.4) is 0 Å². The Kier molecular flexibility index (Phi) is 6.89. The van der Waals surface area contributed by atoms with E-state index in [4.69, 9.17) is 16.3 Å². The second-order valence-corrected chi connectivity index (χ2v) is 9.80. The van der Waals surface area contributed by atoms with Gasteiger partial charge in [0.2, 0.25) is 5.91 Å². The zero-order chi connectivity index (χ0) is 26.1. The second-order valence-electron chi connectivity index (χ2n) is 9.37. The third-order valence-electron chi connectivity index (χ3n) is 6.73. The van der Waals surface area contributed by atoms with E-state index in [1.54, 1.807) is 18.2 Å². The van der Waals surface area contributed by atoms with E-state index in [2.05, 4.69) is 5.32 Å². The van der Waals surface area contributed by atoms with Crippen LogP contribution in [0, 0.1) is 6.92 Å². The van der Waals surface area contributed by atoms with Crippen LogP contribution in [0.5, 0.6) is 5.75 Å². The number of benzene rings is 3. The number of ether oxygens (including phenoxy) is 1. The van der Waals surface area contributed by atoms with Crippen LogP contribution in [0.25, 0.3) is 0 Å². The summed E-state index contributed by atoms with van der Waals surface area (Å²) in [5, 5.41) is 3.38. The number of amides is 3. The van der Waals surface area contributed by atoms with Crippen molar-refractivity contribution in [3.8, 4) is 5.75 Å². The third-order valence-corrected chi connectivity index (χ3v) is 6.97. The van der Waals surface area contributed by atoms with E-state index in [0.29, 0.717) is 41.5 Å². The van der Waals surface area contributed by atoms with Crippen LogP contribution in [0.2, 0.25) is 5.02 Å². The van der Waals surface area contributed by atoms with Crippen molar-refractivity contribution in [1.82, 2.24) is 5.32 Å². The summed E-state index contributed by atoms with van der Waals surface area (Å²) in [5.74, 6) is -0.0208. The number of carbonyl (C=O) groups is 3. The smallest absolute Gasteiger partial charge is 0.268 e. The highest BCUT2D eigenvalue weighted by atomic mass is 35.5. The van der Waals surface area contributed by atoms with Gasteiger partial charge < -0.3 is 15.0 Å². The molecule has 0 radical (unpaired) electrons. The van der Waals surface area contributed by atoms with Gasteiger partial charge in [0, 0.05) is 29.4 Å². The van der Waals surface area contributed by atoms with E-state index in [1.807, 2.05) is 61.2 Å². The molecule has 1 N–H and O–H groups in total. The molecular weight excluding hydrogens is 490 g/mol. The predicted octanol–water partition coefficient (Wildman–Crippen LogP) is 4.67. The normalized spacial score (nSPS) is 16.2. The van der Waals surface area contributed by atoms with E-state index < -0.39 is 6.10 Å². The zero-order valence-electron chi connectivity index (χ0n) is 20.8. The number of nitrogens with one attached hydrogen (secondary N) is 1. The van der Waals surface area contributed by atoms with Crippen molar-refractivity contribution >= 4 is 40.7 Å². The Morgan fingerprint density at radius 1 is 1.08 bits per heavy atom. The zero-order valence-corrected chi connectivity index (χ0v) is 21.5. The van der Waals surface area contributed by atoms with Crippen LogP contribution in [-0.4, -0.2) is 36.9 Å². The molecule has 190 valence electrons. The molecule has 1 atom stereocenters. The minimum absolute atomic E-state index is 0.00977. The number of anilines is 2. The van der Waals surface area contributed by atoms with Crippen LogP contribution in [-0.2, 0) is 22.6 Å². The molecule has 37 heavy (non-hydrogen) atoms. The SMILES string of the molecule is CC[C@@H]1Oc2ccc(Cl)cc2N(CC(=O)NCc2ccc3c(c2)CCN3C(=O)c2cccc(C)c2)C1=O. The van der Waals surface area contributed by atoms with Gasteiger partial charge in [0.05, 0.1) is 5.69 Å². The molecule has 0 aromatic heterocycles. The lowest BCUT2D eigenvalue weighted by molar-refractivity contribution is -0.129. The maximum atomic E-state index is 13.1. The molecule has 0 saturated carbocycles. The number of hydrogen-bond donors (Lipinski definition) is 1. The third kappa shape index (κ3) is 5.04. The fraction of sp³-hybridized carbons (Fsp3) is 0.276. The first-order chi connectivity index (χ1) is 17.8. The Morgan fingerprint density at radius 3 is 2.70 bits per heavy atom. The molecule has 3 aromatic carbocycles. The second kappa shape index (κ2) is 10.3. The lowest BCUT2D eigenvalue weighted by atomic mass is 10.1. The molecule has 3 aromatic rings. The minimum Gasteiger partial charge on any atom is -0.478 e. The van der Waals surface area contributed by atoms with Gasteiger partial charge in [-0.15, -0.1) is 0 Å². The monoisotopic (exact) mass is 517 g/mol. The highest BCUT2D eigenvalue weighted by Crippen LogP contribution is 2.36. The summed E-state index contributed by atoms with van der Waals surface area (Å²) in [7, 11) is 0. The first-order valence-electron chi connectivity index (χ1n) is 12.4. The molecule has 7 nitrogen and oxygen atoms in total. The van der Waals surface area contributed by atoms with Gasteiger partial charge in [0.15, 0.2) is 6.10 Å². The molecule has 8 heteroatoms. The van der Waals surface area contributed by atoms with Crippen molar-refractivity contribution in [2.75, 3.05) is 22.9 Å². The average Bonchev–Trinajstić information content (AvgIpc) is 3.32. The lowest BCUT2D eigenvalue weighted by Gasteiger charge is -2.33. The Labute approximate surface area is 221 Å². The standard InChI is InChI=1S/C29H28ClN3O4/c1-3-25-29(36)33(24-15-22(30)8-10-26(24)37-25)17-27(34)31-16-19-7-9-23-20(14-19)11-12-32(23)28(35)21-6-4-5-18(2)13-21/h4-10,13-15,25H,3,11-12,16-17H2,1-2H3,(H,31,34)/t25-/m0/s1. The van der Waals surface area contributed by atoms with Crippen molar-refractivity contribution in [3.63, 3.8) is 0 Å². The van der Waals surface area contributed by atoms with Gasteiger partial charge >= 0.3 is 0 Å². The molecule has 0 bridgehead atoms. The molecule has 0 aliphatic carbocycles. The van der Waals surface area contributed by atoms with Crippen LogP contribution in [0.15, 0.2) is 60.7 Å². The Hall–Kier alpha value is -3.84. The molecule has 3 amide bonds. The van der Waals surface area contributed by atoms with Crippen molar-refractivity contribution in [2.45, 2.75) is 39.3 Å². The lowest BCUT2D eigenvalue weighted by Crippen LogP contribution is -2.49. The Morgan fingerprint density at radius 2 is 1.92 bits per heavy atom. The first kappa shape index (κ1) is 24.8. The summed E-state index contributed by atoms with van der Waals surface area (Å²) in [6.07, 6.45) is 0.619. The number of fused-ring (bicyclic) bond motifs is 2. The van der Waals surface area contributed by atoms with Crippen molar-refractivity contribution in [1.29, 1.82) is 0 Å². The van der Waals surface area contributed by atoms with Gasteiger partial charge in [-0.05, 0) is 67.3 Å². The molecule has 5 rings (SSSR count). The van der Waals surface area contributed by atoms with Gasteiger partial charge in [-0.1, -0.05) is 48.4 Å². The molecule has 2 heterocycles. The fourth-order valence-corrected chi connectivity index (χ4v) is 4.99. The van der Waals surface area contributed by atoms with E-state index in [0.717, 1.165) is 28.8 Å². The maximum Gasteiger partial charge on any atom is 0.268 e. The van der Waals surface area contributed by atoms with E-state index in [9.17, 15) is 14.4 Å². The van der Waals surface area contributed by atoms with E-state index in [-0.39, 0.29) is 24.3 Å². The van der Waals surface area contributed by atoms with E-state index >= 15 is 0 Å². The highest BCUT2D eigenvalue weighted by Gasteiger charge is 2.34. The largest absolute Gasteiger partial charge is 0.478 e. The van der Waals surface area contributed by atoms with Gasteiger partial charge in [-0.3, -0.25) is 19.3 Å². The number of halogens is 1. The summed E-state index contributed by atoms with van der Waals surface area (Å²) in [5.41, 5.74) is 5.13. The van der Waals surface area contributed by atoms with Crippen molar-refractivity contribution in [2.24, 2.45) is 0 Å².